The molecule has 1 aromatic carbocycles. The summed E-state index contributed by atoms with van der Waals surface area (Å²) in [7, 11) is 0. The Balaban J connectivity index is 1.81. The summed E-state index contributed by atoms with van der Waals surface area (Å²) in [6, 6.07) is 8.01. The molecule has 0 amide bonds. The van der Waals surface area contributed by atoms with Gasteiger partial charge in [0, 0.05) is 18.1 Å². The highest BCUT2D eigenvalue weighted by Gasteiger charge is 2.06. The molecule has 0 aliphatic heterocycles. The second kappa shape index (κ2) is 8.31. The van der Waals surface area contributed by atoms with E-state index in [1.807, 2.05) is 30.5 Å². The first-order valence-corrected chi connectivity index (χ1v) is 8.68. The molecule has 0 spiro atoms. The van der Waals surface area contributed by atoms with E-state index >= 15 is 0 Å². The van der Waals surface area contributed by atoms with E-state index in [0.717, 1.165) is 29.4 Å². The molecule has 0 saturated carbocycles. The van der Waals surface area contributed by atoms with Crippen molar-refractivity contribution in [2.24, 2.45) is 0 Å². The molecule has 1 unspecified atom stereocenters. The zero-order valence-electron chi connectivity index (χ0n) is 11.5. The number of anilines is 1. The van der Waals surface area contributed by atoms with Crippen LogP contribution < -0.4 is 15.4 Å². The highest BCUT2D eigenvalue weighted by atomic mass is 79.9. The molecule has 2 aromatic rings. The number of para-hydroxylation sites is 1. The lowest BCUT2D eigenvalue weighted by atomic mass is 10.1. The molecule has 112 valence electrons. The van der Waals surface area contributed by atoms with Crippen molar-refractivity contribution in [1.29, 1.82) is 0 Å². The van der Waals surface area contributed by atoms with Crippen LogP contribution in [0.15, 0.2) is 35.8 Å². The first kappa shape index (κ1) is 16.2. The van der Waals surface area contributed by atoms with Crippen molar-refractivity contribution in [2.75, 3.05) is 11.9 Å². The Hall–Kier alpha value is -1.18. The Morgan fingerprint density at radius 2 is 2.29 bits per heavy atom. The van der Waals surface area contributed by atoms with Gasteiger partial charge in [-0.25, -0.2) is 4.98 Å². The third-order valence-corrected chi connectivity index (χ3v) is 3.72. The number of thiocarbonyl (C=S) groups is 1. The van der Waals surface area contributed by atoms with Crippen molar-refractivity contribution >= 4 is 49.7 Å². The summed E-state index contributed by atoms with van der Waals surface area (Å²) < 4.78 is 5.72. The van der Waals surface area contributed by atoms with Crippen LogP contribution >= 0.6 is 39.5 Å². The molecular weight excluding hydrogens is 370 g/mol. The van der Waals surface area contributed by atoms with Crippen LogP contribution in [0.3, 0.4) is 0 Å². The maximum Gasteiger partial charge on any atom is 0.188 e. The predicted molar refractivity (Wildman–Crippen MR) is 95.5 cm³/mol. The molecule has 2 N–H and O–H groups in total. The molecule has 4 nitrogen and oxygen atoms in total. The summed E-state index contributed by atoms with van der Waals surface area (Å²) in [5, 5.41) is 9.48. The van der Waals surface area contributed by atoms with E-state index in [9.17, 15) is 0 Å². The zero-order valence-corrected chi connectivity index (χ0v) is 14.7. The molecule has 1 heterocycles. The van der Waals surface area contributed by atoms with Crippen molar-refractivity contribution < 1.29 is 4.74 Å². The Labute approximate surface area is 142 Å². The van der Waals surface area contributed by atoms with Gasteiger partial charge in [0.15, 0.2) is 15.3 Å². The number of hydrogen-bond donors (Lipinski definition) is 2. The van der Waals surface area contributed by atoms with Gasteiger partial charge in [-0.15, -0.1) is 11.3 Å². The third-order valence-electron chi connectivity index (χ3n) is 2.59. The minimum atomic E-state index is -0.0146. The molecule has 7 heteroatoms. The lowest BCUT2D eigenvalue weighted by Crippen LogP contribution is -2.30. The molecule has 0 fully saturated rings. The standard InChI is InChI=1S/C14H16BrN3OS2/c1-10(15)19-12-5-3-2-4-11(12)6-7-16-13(20)18-14-17-8-9-21-14/h2-5,8-10H,6-7H2,1H3,(H2,16,17,18,20). The van der Waals surface area contributed by atoms with Crippen molar-refractivity contribution in [1.82, 2.24) is 10.3 Å². The maximum atomic E-state index is 5.72. The van der Waals surface area contributed by atoms with Gasteiger partial charge < -0.3 is 15.4 Å². The molecule has 0 aliphatic carbocycles. The fourth-order valence-corrected chi connectivity index (χ4v) is 2.74. The van der Waals surface area contributed by atoms with Gasteiger partial charge in [-0.1, -0.05) is 18.2 Å². The van der Waals surface area contributed by atoms with Gasteiger partial charge in [-0.2, -0.15) is 0 Å². The fraction of sp³-hybridized carbons (Fsp3) is 0.286. The van der Waals surface area contributed by atoms with Gasteiger partial charge in [-0.05, 0) is 53.1 Å². The van der Waals surface area contributed by atoms with Crippen LogP contribution in [0.25, 0.3) is 0 Å². The zero-order chi connectivity index (χ0) is 15.1. The summed E-state index contributed by atoms with van der Waals surface area (Å²) in [5.74, 6) is 0.891. The summed E-state index contributed by atoms with van der Waals surface area (Å²) in [6.45, 7) is 2.68. The molecule has 0 radical (unpaired) electrons. The Kier molecular flexibility index (Phi) is 6.41. The van der Waals surface area contributed by atoms with Gasteiger partial charge in [0.2, 0.25) is 0 Å². The summed E-state index contributed by atoms with van der Waals surface area (Å²) in [6.07, 6.45) is 2.57. The van der Waals surface area contributed by atoms with E-state index in [2.05, 4.69) is 37.6 Å². The van der Waals surface area contributed by atoms with Gasteiger partial charge in [0.1, 0.15) is 5.75 Å². The predicted octanol–water partition coefficient (Wildman–Crippen LogP) is 3.79. The molecule has 0 saturated heterocycles. The number of rotatable bonds is 6. The average molecular weight is 386 g/mol. The molecule has 0 bridgehead atoms. The second-order valence-electron chi connectivity index (χ2n) is 4.24. The summed E-state index contributed by atoms with van der Waals surface area (Å²) in [4.78, 5) is 4.12. The van der Waals surface area contributed by atoms with Crippen LogP contribution in [0.2, 0.25) is 0 Å². The highest BCUT2D eigenvalue weighted by Crippen LogP contribution is 2.21. The minimum absolute atomic E-state index is 0.0146. The first-order valence-electron chi connectivity index (χ1n) is 6.48. The van der Waals surface area contributed by atoms with Crippen LogP contribution in [0.5, 0.6) is 5.75 Å². The van der Waals surface area contributed by atoms with E-state index in [1.165, 1.54) is 11.3 Å². The smallest absolute Gasteiger partial charge is 0.188 e. The van der Waals surface area contributed by atoms with Crippen molar-refractivity contribution in [3.63, 3.8) is 0 Å². The lowest BCUT2D eigenvalue weighted by Gasteiger charge is -2.14. The highest BCUT2D eigenvalue weighted by molar-refractivity contribution is 9.09. The van der Waals surface area contributed by atoms with Gasteiger partial charge in [0.25, 0.3) is 0 Å². The third kappa shape index (κ3) is 5.61. The second-order valence-corrected chi connectivity index (χ2v) is 6.83. The quantitative estimate of drug-likeness (QED) is 0.584. The SMILES string of the molecule is CC(Br)Oc1ccccc1CCNC(=S)Nc1nccs1. The lowest BCUT2D eigenvalue weighted by molar-refractivity contribution is 0.311. The van der Waals surface area contributed by atoms with Crippen LogP contribution in [0, 0.1) is 0 Å². The van der Waals surface area contributed by atoms with Crippen LogP contribution in [0.4, 0.5) is 5.13 Å². The number of nitrogens with zero attached hydrogens (tertiary/aromatic N) is 1. The number of thiazole rings is 1. The van der Waals surface area contributed by atoms with Crippen LogP contribution in [-0.4, -0.2) is 21.7 Å². The number of benzene rings is 1. The first-order chi connectivity index (χ1) is 10.1. The maximum absolute atomic E-state index is 5.72. The molecule has 1 atom stereocenters. The number of alkyl halides is 1. The van der Waals surface area contributed by atoms with E-state index in [4.69, 9.17) is 17.0 Å². The number of aromatic nitrogens is 1. The van der Waals surface area contributed by atoms with Gasteiger partial charge in [-0.3, -0.25) is 0 Å². The van der Waals surface area contributed by atoms with Crippen LogP contribution in [-0.2, 0) is 6.42 Å². The van der Waals surface area contributed by atoms with E-state index in [1.54, 1.807) is 6.20 Å². The molecule has 0 aliphatic rings. The van der Waals surface area contributed by atoms with E-state index < -0.39 is 0 Å². The topological polar surface area (TPSA) is 46.2 Å². The Bertz CT molecular complexity index is 575. The minimum Gasteiger partial charge on any atom is -0.479 e. The Morgan fingerprint density at radius 1 is 1.48 bits per heavy atom. The summed E-state index contributed by atoms with van der Waals surface area (Å²) >= 11 is 10.1. The molecule has 1 aromatic heterocycles. The van der Waals surface area contributed by atoms with Crippen molar-refractivity contribution in [3.05, 3.63) is 41.4 Å². The van der Waals surface area contributed by atoms with E-state index in [-0.39, 0.29) is 5.01 Å². The van der Waals surface area contributed by atoms with E-state index in [0.29, 0.717) is 5.11 Å². The normalized spacial score (nSPS) is 11.7. The average Bonchev–Trinajstić information content (AvgIpc) is 2.93. The van der Waals surface area contributed by atoms with Gasteiger partial charge >= 0.3 is 0 Å². The monoisotopic (exact) mass is 385 g/mol. The van der Waals surface area contributed by atoms with Crippen molar-refractivity contribution in [3.8, 4) is 5.75 Å². The molecule has 2 rings (SSSR count). The van der Waals surface area contributed by atoms with Crippen molar-refractivity contribution in [2.45, 2.75) is 18.4 Å². The van der Waals surface area contributed by atoms with Crippen LogP contribution in [0.1, 0.15) is 12.5 Å². The Morgan fingerprint density at radius 3 is 3.00 bits per heavy atom. The largest absolute Gasteiger partial charge is 0.479 e. The number of halogens is 1. The van der Waals surface area contributed by atoms with Gasteiger partial charge in [0.05, 0.1) is 0 Å². The summed E-state index contributed by atoms with van der Waals surface area (Å²) in [5.41, 5.74) is 1.15. The number of nitrogens with one attached hydrogen (secondary N) is 2. The molecule has 21 heavy (non-hydrogen) atoms. The fourth-order valence-electron chi connectivity index (χ4n) is 1.74. The number of ether oxygens (including phenoxy) is 1. The number of hydrogen-bond acceptors (Lipinski definition) is 4. The molecular formula is C14H16BrN3OS2.